The molecular weight excluding hydrogens is 413 g/mol. The molecule has 0 bridgehead atoms. The van der Waals surface area contributed by atoms with Gasteiger partial charge in [-0.15, -0.1) is 4.91 Å². The van der Waals surface area contributed by atoms with Crippen LogP contribution in [0.2, 0.25) is 0 Å². The van der Waals surface area contributed by atoms with Crippen molar-refractivity contribution >= 4 is 24.3 Å². The van der Waals surface area contributed by atoms with E-state index in [1.165, 1.54) is 24.3 Å². The molecule has 2 N–H and O–H groups in total. The molecule has 8 heteroatoms. The fourth-order valence-corrected chi connectivity index (χ4v) is 4.52. The molecular formula is C23H22N3O4P. The van der Waals surface area contributed by atoms with Crippen molar-refractivity contribution in [1.29, 1.82) is 0 Å². The first-order valence-electron chi connectivity index (χ1n) is 9.87. The topological polar surface area (TPSA) is 92.8 Å². The highest BCUT2D eigenvalue weighted by Crippen LogP contribution is 2.45. The van der Waals surface area contributed by atoms with Gasteiger partial charge in [-0.25, -0.2) is 9.65 Å². The predicted octanol–water partition coefficient (Wildman–Crippen LogP) is 6.10. The molecule has 158 valence electrons. The molecule has 1 atom stereocenters. The summed E-state index contributed by atoms with van der Waals surface area (Å²) in [4.78, 5) is 13.9. The lowest BCUT2D eigenvalue weighted by atomic mass is 10.1. The van der Waals surface area contributed by atoms with E-state index < -0.39 is 7.75 Å². The molecule has 1 unspecified atom stereocenters. The van der Waals surface area contributed by atoms with Gasteiger partial charge in [0.05, 0.1) is 6.61 Å². The van der Waals surface area contributed by atoms with Gasteiger partial charge >= 0.3 is 7.75 Å². The molecule has 0 fully saturated rings. The lowest BCUT2D eigenvalue weighted by Gasteiger charge is -2.20. The largest absolute Gasteiger partial charge is 0.459 e. The average Bonchev–Trinajstić information content (AvgIpc) is 3.22. The van der Waals surface area contributed by atoms with Crippen molar-refractivity contribution in [3.63, 3.8) is 0 Å². The van der Waals surface area contributed by atoms with Crippen molar-refractivity contribution in [1.82, 2.24) is 10.1 Å². The van der Waals surface area contributed by atoms with Gasteiger partial charge < -0.3 is 9.51 Å². The number of fused-ring (bicyclic) bond motifs is 1. The van der Waals surface area contributed by atoms with Crippen molar-refractivity contribution in [2.45, 2.75) is 13.0 Å². The number of aromatic nitrogens is 1. The van der Waals surface area contributed by atoms with E-state index in [1.807, 2.05) is 60.8 Å². The second kappa shape index (κ2) is 9.71. The van der Waals surface area contributed by atoms with Crippen molar-refractivity contribution in [2.24, 2.45) is 5.18 Å². The first kappa shape index (κ1) is 21.0. The fourth-order valence-electron chi connectivity index (χ4n) is 3.21. The Morgan fingerprint density at radius 3 is 2.45 bits per heavy atom. The van der Waals surface area contributed by atoms with Gasteiger partial charge in [-0.2, -0.15) is 0 Å². The van der Waals surface area contributed by atoms with E-state index in [0.717, 1.165) is 22.0 Å². The zero-order chi connectivity index (χ0) is 21.5. The molecule has 31 heavy (non-hydrogen) atoms. The number of aromatic amines is 1. The maximum Gasteiger partial charge on any atom is 0.459 e. The summed E-state index contributed by atoms with van der Waals surface area (Å²) in [6, 6.07) is 23.6. The Balaban J connectivity index is 1.46. The lowest BCUT2D eigenvalue weighted by molar-refractivity contribution is 0.246. The Morgan fingerprint density at radius 1 is 0.935 bits per heavy atom. The van der Waals surface area contributed by atoms with Gasteiger partial charge in [0.2, 0.25) is 0 Å². The number of nitrogens with zero attached hydrogens (tertiary/aromatic N) is 1. The quantitative estimate of drug-likeness (QED) is 0.232. The molecule has 1 heterocycles. The highest BCUT2D eigenvalue weighted by molar-refractivity contribution is 7.52. The molecule has 1 aromatic heterocycles. The minimum atomic E-state index is -3.68. The summed E-state index contributed by atoms with van der Waals surface area (Å²) in [5, 5.41) is 6.95. The Kier molecular flexibility index (Phi) is 6.57. The van der Waals surface area contributed by atoms with E-state index >= 15 is 0 Å². The van der Waals surface area contributed by atoms with Gasteiger partial charge in [0.15, 0.2) is 0 Å². The zero-order valence-electron chi connectivity index (χ0n) is 16.7. The molecule has 0 saturated carbocycles. The maximum atomic E-state index is 13.5. The van der Waals surface area contributed by atoms with E-state index in [-0.39, 0.29) is 12.3 Å². The van der Waals surface area contributed by atoms with Crippen LogP contribution in [0.5, 0.6) is 5.75 Å². The second-order valence-corrected chi connectivity index (χ2v) is 8.70. The van der Waals surface area contributed by atoms with E-state index in [9.17, 15) is 9.47 Å². The van der Waals surface area contributed by atoms with Gasteiger partial charge in [0.1, 0.15) is 11.4 Å². The van der Waals surface area contributed by atoms with E-state index in [0.29, 0.717) is 18.7 Å². The predicted molar refractivity (Wildman–Crippen MR) is 121 cm³/mol. The number of H-pyrrole nitrogens is 1. The van der Waals surface area contributed by atoms with Crippen LogP contribution < -0.4 is 9.61 Å². The molecule has 0 amide bonds. The van der Waals surface area contributed by atoms with Gasteiger partial charge in [-0.1, -0.05) is 48.5 Å². The normalized spacial score (nSPS) is 13.0. The van der Waals surface area contributed by atoms with E-state index in [2.05, 4.69) is 15.2 Å². The van der Waals surface area contributed by atoms with E-state index in [1.54, 1.807) is 0 Å². The first-order valence-corrected chi connectivity index (χ1v) is 11.4. The molecule has 0 aliphatic carbocycles. The summed E-state index contributed by atoms with van der Waals surface area (Å²) in [6.45, 7) is 0.522. The van der Waals surface area contributed by atoms with Crippen LogP contribution in [-0.4, -0.2) is 11.5 Å². The van der Waals surface area contributed by atoms with Crippen molar-refractivity contribution in [3.8, 4) is 5.75 Å². The Labute approximate surface area is 180 Å². The number of hydrogen-bond donors (Lipinski definition) is 2. The third kappa shape index (κ3) is 5.47. The first-order chi connectivity index (χ1) is 15.1. The zero-order valence-corrected chi connectivity index (χ0v) is 17.6. The molecule has 0 aliphatic rings. The van der Waals surface area contributed by atoms with E-state index in [4.69, 9.17) is 9.05 Å². The summed E-state index contributed by atoms with van der Waals surface area (Å²) in [7, 11) is -3.68. The molecule has 7 nitrogen and oxygen atoms in total. The maximum absolute atomic E-state index is 13.5. The molecule has 4 aromatic rings. The van der Waals surface area contributed by atoms with Crippen molar-refractivity contribution in [3.05, 3.63) is 101 Å². The third-order valence-corrected chi connectivity index (χ3v) is 6.32. The van der Waals surface area contributed by atoms with Crippen LogP contribution >= 0.6 is 7.75 Å². The number of benzene rings is 3. The summed E-state index contributed by atoms with van der Waals surface area (Å²) < 4.78 is 24.9. The fraction of sp³-hybridized carbons (Fsp3) is 0.130. The SMILES string of the molecule is O=Nc1ccc(OP(=O)(NCCc2c[nH]c3ccccc23)OCc2ccccc2)cc1. The minimum absolute atomic E-state index is 0.131. The lowest BCUT2D eigenvalue weighted by Crippen LogP contribution is -2.19. The summed E-state index contributed by atoms with van der Waals surface area (Å²) in [5.41, 5.74) is 3.31. The van der Waals surface area contributed by atoms with Crippen molar-refractivity contribution < 1.29 is 13.6 Å². The molecule has 0 aliphatic heterocycles. The smallest absolute Gasteiger partial charge is 0.413 e. The monoisotopic (exact) mass is 435 g/mol. The van der Waals surface area contributed by atoms with Crippen LogP contribution in [0.3, 0.4) is 0 Å². The summed E-state index contributed by atoms with van der Waals surface area (Å²) >= 11 is 0. The van der Waals surface area contributed by atoms with Gasteiger partial charge in [0, 0.05) is 23.6 Å². The number of rotatable bonds is 10. The second-order valence-electron chi connectivity index (χ2n) is 6.95. The van der Waals surface area contributed by atoms with Gasteiger partial charge in [-0.05, 0) is 53.1 Å². The highest BCUT2D eigenvalue weighted by Gasteiger charge is 2.26. The van der Waals surface area contributed by atoms with Crippen LogP contribution in [0.25, 0.3) is 10.9 Å². The Hall–Kier alpha value is -3.25. The Morgan fingerprint density at radius 2 is 1.68 bits per heavy atom. The number of nitrogens with one attached hydrogen (secondary N) is 2. The van der Waals surface area contributed by atoms with Crippen molar-refractivity contribution in [2.75, 3.05) is 6.54 Å². The average molecular weight is 435 g/mol. The molecule has 3 aromatic carbocycles. The number of para-hydroxylation sites is 1. The number of nitroso groups, excluding NO2 is 1. The minimum Gasteiger partial charge on any atom is -0.413 e. The van der Waals surface area contributed by atoms with Crippen LogP contribution in [-0.2, 0) is 22.1 Å². The third-order valence-electron chi connectivity index (χ3n) is 4.79. The number of hydrogen-bond acceptors (Lipinski definition) is 5. The molecule has 0 radical (unpaired) electrons. The van der Waals surface area contributed by atoms with Crippen LogP contribution in [0.4, 0.5) is 5.69 Å². The van der Waals surface area contributed by atoms with Gasteiger partial charge in [-0.3, -0.25) is 4.52 Å². The van der Waals surface area contributed by atoms with Crippen LogP contribution in [0, 0.1) is 4.91 Å². The Bertz CT molecular complexity index is 1190. The standard InChI is InChI=1S/C23H22N3O4P/c27-26-20-10-12-21(13-11-20)30-31(28,29-17-18-6-2-1-3-7-18)25-15-14-19-16-24-23-9-5-4-8-22(19)23/h1-13,16,24H,14-15,17H2,(H,25,28). The van der Waals surface area contributed by atoms with Gasteiger partial charge in [0.25, 0.3) is 0 Å². The molecule has 0 saturated heterocycles. The van der Waals surface area contributed by atoms with Crippen LogP contribution in [0.15, 0.2) is 90.2 Å². The molecule has 0 spiro atoms. The molecule has 4 rings (SSSR count). The van der Waals surface area contributed by atoms with Crippen LogP contribution in [0.1, 0.15) is 11.1 Å². The highest BCUT2D eigenvalue weighted by atomic mass is 31.2. The summed E-state index contributed by atoms with van der Waals surface area (Å²) in [6.07, 6.45) is 2.59. The summed E-state index contributed by atoms with van der Waals surface area (Å²) in [5.74, 6) is 0.323.